The third-order valence-electron chi connectivity index (χ3n) is 4.92. The molecule has 0 heterocycles. The highest BCUT2D eigenvalue weighted by molar-refractivity contribution is 7.92. The largest absolute Gasteiger partial charge is 0.484 e. The summed E-state index contributed by atoms with van der Waals surface area (Å²) in [6, 6.07) is 17.1. The van der Waals surface area contributed by atoms with Crippen molar-refractivity contribution >= 4 is 27.3 Å². The van der Waals surface area contributed by atoms with E-state index in [0.717, 1.165) is 22.3 Å². The Hall–Kier alpha value is -3.32. The number of aryl methyl sites for hydroxylation is 4. The normalized spacial score (nSPS) is 11.1. The summed E-state index contributed by atoms with van der Waals surface area (Å²) in [5.74, 6) is 0.291. The molecular weight excluding hydrogens is 412 g/mol. The molecule has 0 aliphatic rings. The zero-order valence-corrected chi connectivity index (χ0v) is 18.8. The predicted molar refractivity (Wildman–Crippen MR) is 123 cm³/mol. The number of carbonyl (C=O) groups is 1. The van der Waals surface area contributed by atoms with E-state index < -0.39 is 10.0 Å². The van der Waals surface area contributed by atoms with E-state index in [0.29, 0.717) is 17.1 Å². The van der Waals surface area contributed by atoms with Crippen LogP contribution in [0.5, 0.6) is 5.75 Å². The van der Waals surface area contributed by atoms with Crippen LogP contribution < -0.4 is 14.8 Å². The fraction of sp³-hybridized carbons (Fsp3) is 0.208. The van der Waals surface area contributed by atoms with Crippen LogP contribution in [0.4, 0.5) is 11.4 Å². The standard InChI is InChI=1S/C24H26N2O4S/c1-16-5-12-23(19(4)13-16)26-31(28,29)22-10-7-20(8-11-22)25-24(27)15-30-21-9-6-17(2)18(3)14-21/h5-14,26H,15H2,1-4H3,(H,25,27). The Morgan fingerprint density at radius 2 is 1.55 bits per heavy atom. The number of rotatable bonds is 7. The molecule has 0 saturated carbocycles. The van der Waals surface area contributed by atoms with E-state index >= 15 is 0 Å². The van der Waals surface area contributed by atoms with Crippen molar-refractivity contribution in [2.45, 2.75) is 32.6 Å². The van der Waals surface area contributed by atoms with E-state index in [1.165, 1.54) is 12.1 Å². The minimum absolute atomic E-state index is 0.108. The van der Waals surface area contributed by atoms with Gasteiger partial charge in [0.25, 0.3) is 15.9 Å². The number of amides is 1. The second-order valence-corrected chi connectivity index (χ2v) is 9.21. The molecular formula is C24H26N2O4S. The Balaban J connectivity index is 1.61. The Kier molecular flexibility index (Phi) is 6.65. The van der Waals surface area contributed by atoms with Crippen LogP contribution in [0.2, 0.25) is 0 Å². The van der Waals surface area contributed by atoms with Gasteiger partial charge in [0.05, 0.1) is 10.6 Å². The second kappa shape index (κ2) is 9.22. The van der Waals surface area contributed by atoms with Crippen LogP contribution in [0.25, 0.3) is 0 Å². The Bertz CT molecular complexity index is 1200. The summed E-state index contributed by atoms with van der Waals surface area (Å²) in [6.07, 6.45) is 0. The molecule has 7 heteroatoms. The van der Waals surface area contributed by atoms with Gasteiger partial charge in [-0.3, -0.25) is 9.52 Å². The first kappa shape index (κ1) is 22.4. The lowest BCUT2D eigenvalue weighted by molar-refractivity contribution is -0.118. The highest BCUT2D eigenvalue weighted by Gasteiger charge is 2.15. The average Bonchev–Trinajstić information content (AvgIpc) is 2.71. The van der Waals surface area contributed by atoms with Crippen LogP contribution in [0.1, 0.15) is 22.3 Å². The molecule has 1 amide bonds. The van der Waals surface area contributed by atoms with Gasteiger partial charge in [-0.1, -0.05) is 23.8 Å². The lowest BCUT2D eigenvalue weighted by Crippen LogP contribution is -2.20. The first-order chi connectivity index (χ1) is 14.6. The van der Waals surface area contributed by atoms with Gasteiger partial charge >= 0.3 is 0 Å². The van der Waals surface area contributed by atoms with E-state index in [9.17, 15) is 13.2 Å². The predicted octanol–water partition coefficient (Wildman–Crippen LogP) is 4.74. The maximum absolute atomic E-state index is 12.7. The van der Waals surface area contributed by atoms with Crippen LogP contribution in [0, 0.1) is 27.7 Å². The third kappa shape index (κ3) is 5.86. The highest BCUT2D eigenvalue weighted by atomic mass is 32.2. The Morgan fingerprint density at radius 3 is 2.19 bits per heavy atom. The van der Waals surface area contributed by atoms with Crippen molar-refractivity contribution in [1.82, 2.24) is 0 Å². The minimum Gasteiger partial charge on any atom is -0.484 e. The van der Waals surface area contributed by atoms with Crippen molar-refractivity contribution in [1.29, 1.82) is 0 Å². The molecule has 0 saturated heterocycles. The molecule has 2 N–H and O–H groups in total. The molecule has 0 atom stereocenters. The summed E-state index contributed by atoms with van der Waals surface area (Å²) in [4.78, 5) is 12.3. The van der Waals surface area contributed by atoms with Gasteiger partial charge in [-0.05, 0) is 86.8 Å². The fourth-order valence-electron chi connectivity index (χ4n) is 3.00. The van der Waals surface area contributed by atoms with Gasteiger partial charge in [0, 0.05) is 5.69 Å². The van der Waals surface area contributed by atoms with Crippen molar-refractivity contribution in [2.75, 3.05) is 16.6 Å². The van der Waals surface area contributed by atoms with Gasteiger partial charge < -0.3 is 10.1 Å². The summed E-state index contributed by atoms with van der Waals surface area (Å²) >= 11 is 0. The number of ether oxygens (including phenoxy) is 1. The quantitative estimate of drug-likeness (QED) is 0.558. The zero-order chi connectivity index (χ0) is 22.6. The van der Waals surface area contributed by atoms with E-state index in [-0.39, 0.29) is 17.4 Å². The van der Waals surface area contributed by atoms with Crippen molar-refractivity contribution in [2.24, 2.45) is 0 Å². The van der Waals surface area contributed by atoms with Crippen molar-refractivity contribution in [3.05, 3.63) is 82.9 Å². The maximum atomic E-state index is 12.7. The van der Waals surface area contributed by atoms with Crippen molar-refractivity contribution < 1.29 is 17.9 Å². The SMILES string of the molecule is Cc1ccc(NS(=O)(=O)c2ccc(NC(=O)COc3ccc(C)c(C)c3)cc2)c(C)c1. The number of sulfonamides is 1. The number of hydrogen-bond acceptors (Lipinski definition) is 4. The van der Waals surface area contributed by atoms with Crippen molar-refractivity contribution in [3.8, 4) is 5.75 Å². The molecule has 0 radical (unpaired) electrons. The summed E-state index contributed by atoms with van der Waals surface area (Å²) in [5.41, 5.74) is 5.16. The topological polar surface area (TPSA) is 84.5 Å². The van der Waals surface area contributed by atoms with Crippen LogP contribution in [-0.4, -0.2) is 20.9 Å². The fourth-order valence-corrected chi connectivity index (χ4v) is 4.13. The van der Waals surface area contributed by atoms with Gasteiger partial charge in [-0.15, -0.1) is 0 Å². The molecule has 0 unspecified atom stereocenters. The molecule has 3 aromatic carbocycles. The Labute approximate surface area is 183 Å². The molecule has 0 aliphatic carbocycles. The molecule has 0 aromatic heterocycles. The number of hydrogen-bond donors (Lipinski definition) is 2. The smallest absolute Gasteiger partial charge is 0.262 e. The van der Waals surface area contributed by atoms with Gasteiger partial charge in [-0.25, -0.2) is 8.42 Å². The summed E-state index contributed by atoms with van der Waals surface area (Å²) in [7, 11) is -3.74. The molecule has 31 heavy (non-hydrogen) atoms. The number of carbonyl (C=O) groups excluding carboxylic acids is 1. The summed E-state index contributed by atoms with van der Waals surface area (Å²) in [6.45, 7) is 7.64. The van der Waals surface area contributed by atoms with Gasteiger partial charge in [0.1, 0.15) is 5.75 Å². The summed E-state index contributed by atoms with van der Waals surface area (Å²) < 4.78 is 33.5. The lowest BCUT2D eigenvalue weighted by atomic mass is 10.1. The first-order valence-electron chi connectivity index (χ1n) is 9.84. The zero-order valence-electron chi connectivity index (χ0n) is 18.0. The lowest BCUT2D eigenvalue weighted by Gasteiger charge is -2.12. The molecule has 6 nitrogen and oxygen atoms in total. The molecule has 0 aliphatic heterocycles. The minimum atomic E-state index is -3.74. The highest BCUT2D eigenvalue weighted by Crippen LogP contribution is 2.22. The monoisotopic (exact) mass is 438 g/mol. The number of nitrogens with one attached hydrogen (secondary N) is 2. The van der Waals surface area contributed by atoms with Gasteiger partial charge in [0.15, 0.2) is 6.61 Å². The van der Waals surface area contributed by atoms with E-state index in [4.69, 9.17) is 4.74 Å². The first-order valence-corrected chi connectivity index (χ1v) is 11.3. The van der Waals surface area contributed by atoms with Crippen LogP contribution >= 0.6 is 0 Å². The molecule has 0 spiro atoms. The van der Waals surface area contributed by atoms with E-state index in [2.05, 4.69) is 10.0 Å². The van der Waals surface area contributed by atoms with Crippen LogP contribution in [-0.2, 0) is 14.8 Å². The Morgan fingerprint density at radius 1 is 0.839 bits per heavy atom. The molecule has 0 fully saturated rings. The summed E-state index contributed by atoms with van der Waals surface area (Å²) in [5, 5.41) is 2.70. The third-order valence-corrected chi connectivity index (χ3v) is 6.30. The van der Waals surface area contributed by atoms with Crippen molar-refractivity contribution in [3.63, 3.8) is 0 Å². The van der Waals surface area contributed by atoms with E-state index in [1.54, 1.807) is 18.2 Å². The average molecular weight is 439 g/mol. The van der Waals surface area contributed by atoms with Gasteiger partial charge in [-0.2, -0.15) is 0 Å². The number of anilines is 2. The van der Waals surface area contributed by atoms with Crippen LogP contribution in [0.15, 0.2) is 65.6 Å². The van der Waals surface area contributed by atoms with Crippen LogP contribution in [0.3, 0.4) is 0 Å². The molecule has 3 rings (SSSR count). The van der Waals surface area contributed by atoms with Gasteiger partial charge in [0.2, 0.25) is 0 Å². The second-order valence-electron chi connectivity index (χ2n) is 7.53. The number of benzene rings is 3. The van der Waals surface area contributed by atoms with E-state index in [1.807, 2.05) is 58.0 Å². The maximum Gasteiger partial charge on any atom is 0.262 e. The molecule has 3 aromatic rings. The molecule has 0 bridgehead atoms. The molecule has 162 valence electrons.